The molecule has 1 N–H and O–H groups in total. The van der Waals surface area contributed by atoms with Gasteiger partial charge in [-0.3, -0.25) is 4.79 Å². The maximum Gasteiger partial charge on any atom is 0.258 e. The molecule has 0 aliphatic rings. The molecule has 7 heteroatoms. The summed E-state index contributed by atoms with van der Waals surface area (Å²) in [5.41, 5.74) is 0.892. The molecule has 3 aromatic rings. The van der Waals surface area contributed by atoms with E-state index in [-0.39, 0.29) is 12.5 Å². The van der Waals surface area contributed by atoms with Crippen molar-refractivity contribution < 1.29 is 19.0 Å². The van der Waals surface area contributed by atoms with E-state index in [1.807, 2.05) is 67.2 Å². The number of ether oxygens (including phenoxy) is 3. The number of carbonyl (C=O) groups is 1. The highest BCUT2D eigenvalue weighted by molar-refractivity contribution is 5.78. The second-order valence-electron chi connectivity index (χ2n) is 6.34. The van der Waals surface area contributed by atoms with Crippen molar-refractivity contribution in [2.75, 3.05) is 20.3 Å². The molecule has 1 aromatic heterocycles. The number of nitrogens with zero attached hydrogens (tertiary/aromatic N) is 2. The van der Waals surface area contributed by atoms with Crippen molar-refractivity contribution in [3.05, 3.63) is 72.3 Å². The molecular weight excluding hydrogens is 370 g/mol. The van der Waals surface area contributed by atoms with Gasteiger partial charge in [0.1, 0.15) is 17.6 Å². The zero-order chi connectivity index (χ0) is 20.6. The minimum absolute atomic E-state index is 0.138. The summed E-state index contributed by atoms with van der Waals surface area (Å²) in [4.78, 5) is 17.1. The van der Waals surface area contributed by atoms with Gasteiger partial charge in [0.05, 0.1) is 13.7 Å². The van der Waals surface area contributed by atoms with Crippen LogP contribution >= 0.6 is 0 Å². The number of amides is 1. The maximum atomic E-state index is 12.7. The van der Waals surface area contributed by atoms with Gasteiger partial charge in [0, 0.05) is 19.4 Å². The molecule has 0 fully saturated rings. The van der Waals surface area contributed by atoms with Gasteiger partial charge < -0.3 is 24.1 Å². The Hall–Kier alpha value is -3.48. The van der Waals surface area contributed by atoms with Crippen LogP contribution in [0.3, 0.4) is 0 Å². The molecule has 0 radical (unpaired) electrons. The van der Waals surface area contributed by atoms with Gasteiger partial charge in [-0.2, -0.15) is 0 Å². The van der Waals surface area contributed by atoms with E-state index in [2.05, 4.69) is 10.3 Å². The van der Waals surface area contributed by atoms with E-state index in [4.69, 9.17) is 14.2 Å². The first-order valence-corrected chi connectivity index (χ1v) is 9.37. The van der Waals surface area contributed by atoms with Crippen molar-refractivity contribution in [3.63, 3.8) is 0 Å². The van der Waals surface area contributed by atoms with Gasteiger partial charge in [0.15, 0.2) is 18.1 Å². The fourth-order valence-electron chi connectivity index (χ4n) is 2.94. The molecule has 1 unspecified atom stereocenters. The topological polar surface area (TPSA) is 74.6 Å². The second kappa shape index (κ2) is 9.64. The van der Waals surface area contributed by atoms with Gasteiger partial charge in [-0.15, -0.1) is 0 Å². The highest BCUT2D eigenvalue weighted by atomic mass is 16.5. The Kier molecular flexibility index (Phi) is 6.73. The number of benzene rings is 2. The first-order valence-electron chi connectivity index (χ1n) is 9.37. The minimum atomic E-state index is -0.417. The average molecular weight is 395 g/mol. The molecule has 0 aliphatic carbocycles. The van der Waals surface area contributed by atoms with Gasteiger partial charge in [-0.05, 0) is 36.8 Å². The number of hydrogen-bond acceptors (Lipinski definition) is 5. The Labute approximate surface area is 170 Å². The van der Waals surface area contributed by atoms with Crippen LogP contribution in [-0.4, -0.2) is 35.8 Å². The number of rotatable bonds is 9. The van der Waals surface area contributed by atoms with E-state index in [0.29, 0.717) is 18.1 Å². The fraction of sp³-hybridized carbons (Fsp3) is 0.273. The Balaban J connectivity index is 1.74. The predicted molar refractivity (Wildman–Crippen MR) is 109 cm³/mol. The van der Waals surface area contributed by atoms with Crippen LogP contribution in [0.25, 0.3) is 0 Å². The summed E-state index contributed by atoms with van der Waals surface area (Å²) in [6, 6.07) is 14.4. The lowest BCUT2D eigenvalue weighted by atomic mass is 10.1. The van der Waals surface area contributed by atoms with Crippen molar-refractivity contribution in [1.29, 1.82) is 0 Å². The van der Waals surface area contributed by atoms with Crippen molar-refractivity contribution in [3.8, 4) is 17.2 Å². The monoisotopic (exact) mass is 395 g/mol. The molecule has 1 amide bonds. The third-order valence-electron chi connectivity index (χ3n) is 4.38. The normalized spacial score (nSPS) is 11.6. The highest BCUT2D eigenvalue weighted by Crippen LogP contribution is 2.27. The number of nitrogens with one attached hydrogen (secondary N) is 1. The largest absolute Gasteiger partial charge is 0.497 e. The lowest BCUT2D eigenvalue weighted by Gasteiger charge is -2.20. The standard InChI is InChI=1S/C22H25N3O4/c1-4-28-18-7-5-6-8-19(18)29-15-20(26)24-21(22-23-13-14-25(22)2)16-9-11-17(27-3)12-10-16/h5-14,21H,4,15H2,1-3H3,(H,24,26). The van der Waals surface area contributed by atoms with E-state index < -0.39 is 6.04 Å². The molecule has 3 rings (SSSR count). The van der Waals surface area contributed by atoms with Gasteiger partial charge in [0.25, 0.3) is 5.91 Å². The lowest BCUT2D eigenvalue weighted by molar-refractivity contribution is -0.123. The molecule has 1 heterocycles. The molecule has 0 saturated heterocycles. The smallest absolute Gasteiger partial charge is 0.258 e. The first kappa shape index (κ1) is 20.3. The summed E-state index contributed by atoms with van der Waals surface area (Å²) in [6.45, 7) is 2.28. The van der Waals surface area contributed by atoms with E-state index in [1.165, 1.54) is 0 Å². The number of aromatic nitrogens is 2. The summed E-state index contributed by atoms with van der Waals surface area (Å²) in [5, 5.41) is 3.01. The second-order valence-corrected chi connectivity index (χ2v) is 6.34. The van der Waals surface area contributed by atoms with Crippen LogP contribution in [0.1, 0.15) is 24.4 Å². The molecule has 0 saturated carbocycles. The van der Waals surface area contributed by atoms with Gasteiger partial charge >= 0.3 is 0 Å². The van der Waals surface area contributed by atoms with E-state index in [0.717, 1.165) is 17.1 Å². The Morgan fingerprint density at radius 1 is 1.10 bits per heavy atom. The van der Waals surface area contributed by atoms with Crippen LogP contribution in [0, 0.1) is 0 Å². The Morgan fingerprint density at radius 2 is 1.79 bits per heavy atom. The van der Waals surface area contributed by atoms with Crippen molar-refractivity contribution >= 4 is 5.91 Å². The van der Waals surface area contributed by atoms with E-state index >= 15 is 0 Å². The summed E-state index contributed by atoms with van der Waals surface area (Å²) < 4.78 is 18.3. The molecule has 0 spiro atoms. The van der Waals surface area contributed by atoms with Crippen LogP contribution < -0.4 is 19.5 Å². The quantitative estimate of drug-likeness (QED) is 0.603. The number of carbonyl (C=O) groups excluding carboxylic acids is 1. The molecule has 0 aliphatic heterocycles. The first-order chi connectivity index (χ1) is 14.1. The van der Waals surface area contributed by atoms with Crippen LogP contribution in [0.2, 0.25) is 0 Å². The molecule has 2 aromatic carbocycles. The third-order valence-corrected chi connectivity index (χ3v) is 4.38. The number of aryl methyl sites for hydroxylation is 1. The van der Waals surface area contributed by atoms with Gasteiger partial charge in [-0.25, -0.2) is 4.98 Å². The minimum Gasteiger partial charge on any atom is -0.497 e. The molecule has 0 bridgehead atoms. The summed E-state index contributed by atoms with van der Waals surface area (Å²) in [6.07, 6.45) is 3.54. The third kappa shape index (κ3) is 5.07. The summed E-state index contributed by atoms with van der Waals surface area (Å²) in [7, 11) is 3.50. The molecule has 29 heavy (non-hydrogen) atoms. The SMILES string of the molecule is CCOc1ccccc1OCC(=O)NC(c1ccc(OC)cc1)c1nccn1C. The van der Waals surface area contributed by atoms with E-state index in [9.17, 15) is 4.79 Å². The lowest BCUT2D eigenvalue weighted by Crippen LogP contribution is -2.34. The fourth-order valence-corrected chi connectivity index (χ4v) is 2.94. The zero-order valence-electron chi connectivity index (χ0n) is 16.8. The summed E-state index contributed by atoms with van der Waals surface area (Å²) >= 11 is 0. The van der Waals surface area contributed by atoms with E-state index in [1.54, 1.807) is 19.4 Å². The molecule has 1 atom stereocenters. The highest BCUT2D eigenvalue weighted by Gasteiger charge is 2.21. The predicted octanol–water partition coefficient (Wildman–Crippen LogP) is 3.11. The Morgan fingerprint density at radius 3 is 2.38 bits per heavy atom. The van der Waals surface area contributed by atoms with Crippen LogP contribution in [0.15, 0.2) is 60.9 Å². The van der Waals surface area contributed by atoms with Crippen LogP contribution in [0.5, 0.6) is 17.2 Å². The van der Waals surface area contributed by atoms with Gasteiger partial charge in [0.2, 0.25) is 0 Å². The Bertz CT molecular complexity index is 937. The van der Waals surface area contributed by atoms with Crippen LogP contribution in [0.4, 0.5) is 0 Å². The number of para-hydroxylation sites is 2. The molecule has 152 valence electrons. The number of methoxy groups -OCH3 is 1. The van der Waals surface area contributed by atoms with Crippen LogP contribution in [-0.2, 0) is 11.8 Å². The zero-order valence-corrected chi connectivity index (χ0v) is 16.8. The van der Waals surface area contributed by atoms with Crippen molar-refractivity contribution in [2.24, 2.45) is 7.05 Å². The average Bonchev–Trinajstić information content (AvgIpc) is 3.17. The van der Waals surface area contributed by atoms with Crippen molar-refractivity contribution in [2.45, 2.75) is 13.0 Å². The maximum absolute atomic E-state index is 12.7. The molecule has 7 nitrogen and oxygen atoms in total. The number of hydrogen-bond donors (Lipinski definition) is 1. The van der Waals surface area contributed by atoms with Gasteiger partial charge in [-0.1, -0.05) is 24.3 Å². The molecular formula is C22H25N3O4. The number of imidazole rings is 1. The van der Waals surface area contributed by atoms with Crippen molar-refractivity contribution in [1.82, 2.24) is 14.9 Å². The summed E-state index contributed by atoms with van der Waals surface area (Å²) in [5.74, 6) is 2.34.